The van der Waals surface area contributed by atoms with E-state index in [0.29, 0.717) is 41.7 Å². The quantitative estimate of drug-likeness (QED) is 0.340. The number of nitrogens with zero attached hydrogens (tertiary/aromatic N) is 1. The van der Waals surface area contributed by atoms with E-state index in [-0.39, 0.29) is 11.8 Å². The van der Waals surface area contributed by atoms with Crippen LogP contribution in [0.15, 0.2) is 72.8 Å². The van der Waals surface area contributed by atoms with Crippen LogP contribution in [0.25, 0.3) is 10.9 Å². The first-order valence-electron chi connectivity index (χ1n) is 11.0. The Kier molecular flexibility index (Phi) is 7.30. The second kappa shape index (κ2) is 10.5. The van der Waals surface area contributed by atoms with Crippen molar-refractivity contribution in [2.24, 2.45) is 0 Å². The van der Waals surface area contributed by atoms with Crippen molar-refractivity contribution < 1.29 is 14.3 Å². The van der Waals surface area contributed by atoms with Gasteiger partial charge in [-0.3, -0.25) is 9.59 Å². The van der Waals surface area contributed by atoms with Crippen molar-refractivity contribution >= 4 is 40.0 Å². The van der Waals surface area contributed by atoms with Crippen LogP contribution in [0, 0.1) is 6.92 Å². The number of ether oxygens (including phenoxy) is 1. The smallest absolute Gasteiger partial charge is 0.268 e. The Morgan fingerprint density at radius 3 is 2.56 bits per heavy atom. The minimum atomic E-state index is -0.290. The number of methoxy groups -OCH3 is 1. The molecule has 0 unspecified atom stereocenters. The van der Waals surface area contributed by atoms with Crippen LogP contribution in [-0.4, -0.2) is 36.6 Å². The fourth-order valence-electron chi connectivity index (χ4n) is 3.90. The molecular weight excluding hydrogens is 450 g/mol. The van der Waals surface area contributed by atoms with E-state index in [0.717, 1.165) is 22.0 Å². The van der Waals surface area contributed by atoms with Crippen molar-refractivity contribution in [2.75, 3.05) is 25.6 Å². The number of hydrogen-bond acceptors (Lipinski definition) is 3. The number of anilines is 1. The van der Waals surface area contributed by atoms with Gasteiger partial charge in [0, 0.05) is 36.8 Å². The third-order valence-electron chi connectivity index (χ3n) is 5.53. The molecule has 2 amide bonds. The summed E-state index contributed by atoms with van der Waals surface area (Å²) in [6.07, 6.45) is 0. The Morgan fingerprint density at radius 2 is 1.79 bits per heavy atom. The first-order valence-corrected chi connectivity index (χ1v) is 11.4. The lowest BCUT2D eigenvalue weighted by molar-refractivity contribution is 0.0928. The van der Waals surface area contributed by atoms with Gasteiger partial charge < -0.3 is 19.9 Å². The van der Waals surface area contributed by atoms with Gasteiger partial charge >= 0.3 is 0 Å². The molecule has 6 nitrogen and oxygen atoms in total. The van der Waals surface area contributed by atoms with Crippen LogP contribution in [0.1, 0.15) is 32.0 Å². The highest BCUT2D eigenvalue weighted by molar-refractivity contribution is 6.34. The first-order chi connectivity index (χ1) is 16.5. The van der Waals surface area contributed by atoms with E-state index in [4.69, 9.17) is 16.3 Å². The molecule has 0 radical (unpaired) electrons. The molecule has 4 rings (SSSR count). The van der Waals surface area contributed by atoms with Gasteiger partial charge in [0.25, 0.3) is 11.8 Å². The Bertz CT molecular complexity index is 1350. The molecule has 0 bridgehead atoms. The number of aromatic nitrogens is 1. The van der Waals surface area contributed by atoms with Crippen molar-refractivity contribution in [3.63, 3.8) is 0 Å². The minimum Gasteiger partial charge on any atom is -0.383 e. The summed E-state index contributed by atoms with van der Waals surface area (Å²) in [4.78, 5) is 25.7. The molecule has 4 aromatic rings. The van der Waals surface area contributed by atoms with Crippen LogP contribution in [0.3, 0.4) is 0 Å². The molecule has 0 aliphatic heterocycles. The van der Waals surface area contributed by atoms with Gasteiger partial charge in [0.15, 0.2) is 0 Å². The Labute approximate surface area is 203 Å². The molecule has 174 valence electrons. The van der Waals surface area contributed by atoms with Gasteiger partial charge in [-0.2, -0.15) is 0 Å². The van der Waals surface area contributed by atoms with Crippen LogP contribution in [0.4, 0.5) is 5.69 Å². The second-order valence-electron chi connectivity index (χ2n) is 8.06. The molecule has 0 atom stereocenters. The van der Waals surface area contributed by atoms with Gasteiger partial charge in [-0.25, -0.2) is 0 Å². The Balaban J connectivity index is 1.68. The lowest BCUT2D eigenvalue weighted by Gasteiger charge is -2.12. The average molecular weight is 476 g/mol. The number of carbonyl (C=O) groups excluding carboxylic acids is 2. The monoisotopic (exact) mass is 475 g/mol. The normalized spacial score (nSPS) is 10.9. The number of aryl methyl sites for hydroxylation is 1. The third kappa shape index (κ3) is 5.30. The number of hydrogen-bond donors (Lipinski definition) is 2. The molecule has 0 aliphatic carbocycles. The van der Waals surface area contributed by atoms with Gasteiger partial charge in [-0.1, -0.05) is 53.6 Å². The molecule has 0 fully saturated rings. The topological polar surface area (TPSA) is 72.4 Å². The average Bonchev–Trinajstić information content (AvgIpc) is 3.17. The number of carbonyl (C=O) groups is 2. The molecule has 7 heteroatoms. The van der Waals surface area contributed by atoms with Crippen LogP contribution in [0.2, 0.25) is 5.02 Å². The Morgan fingerprint density at radius 1 is 0.971 bits per heavy atom. The highest BCUT2D eigenvalue weighted by atomic mass is 35.5. The fourth-order valence-corrected chi connectivity index (χ4v) is 4.12. The number of rotatable bonds is 8. The molecule has 0 aliphatic rings. The molecule has 3 aromatic carbocycles. The SMILES string of the molecule is COCCNC(=O)c1cc2cc(NC(=O)c3ccccc3Cl)ccc2n1Cc1cccc(C)c1. The zero-order valence-corrected chi connectivity index (χ0v) is 19.9. The van der Waals surface area contributed by atoms with E-state index >= 15 is 0 Å². The van der Waals surface area contributed by atoms with Crippen LogP contribution >= 0.6 is 11.6 Å². The van der Waals surface area contributed by atoms with Gasteiger partial charge in [0.1, 0.15) is 5.69 Å². The largest absolute Gasteiger partial charge is 0.383 e. The second-order valence-corrected chi connectivity index (χ2v) is 8.47. The van der Waals surface area contributed by atoms with Crippen molar-refractivity contribution in [3.05, 3.63) is 100 Å². The number of halogens is 1. The molecule has 0 saturated heterocycles. The molecule has 0 spiro atoms. The first kappa shape index (κ1) is 23.5. The summed E-state index contributed by atoms with van der Waals surface area (Å²) >= 11 is 6.16. The van der Waals surface area contributed by atoms with E-state index < -0.39 is 0 Å². The van der Waals surface area contributed by atoms with Gasteiger partial charge in [0.05, 0.1) is 17.2 Å². The molecule has 1 aromatic heterocycles. The van der Waals surface area contributed by atoms with Crippen molar-refractivity contribution in [2.45, 2.75) is 13.5 Å². The van der Waals surface area contributed by atoms with Crippen LogP contribution in [-0.2, 0) is 11.3 Å². The maximum atomic E-state index is 13.0. The molecule has 34 heavy (non-hydrogen) atoms. The lowest BCUT2D eigenvalue weighted by Crippen LogP contribution is -2.29. The van der Waals surface area contributed by atoms with Crippen molar-refractivity contribution in [1.29, 1.82) is 0 Å². The summed E-state index contributed by atoms with van der Waals surface area (Å²) < 4.78 is 7.04. The maximum absolute atomic E-state index is 13.0. The highest BCUT2D eigenvalue weighted by Crippen LogP contribution is 2.26. The number of fused-ring (bicyclic) bond motifs is 1. The standard InChI is InChI=1S/C27H26ClN3O3/c1-18-6-5-7-19(14-18)17-31-24-11-10-21(30-26(32)22-8-3-4-9-23(22)28)15-20(24)16-25(31)27(33)29-12-13-34-2/h3-11,14-16H,12-13,17H2,1-2H3,(H,29,33)(H,30,32). The molecule has 2 N–H and O–H groups in total. The summed E-state index contributed by atoms with van der Waals surface area (Å²) in [5.74, 6) is -0.468. The number of nitrogens with one attached hydrogen (secondary N) is 2. The predicted molar refractivity (Wildman–Crippen MR) is 136 cm³/mol. The van der Waals surface area contributed by atoms with Gasteiger partial charge in [-0.15, -0.1) is 0 Å². The predicted octanol–water partition coefficient (Wildman–Crippen LogP) is 5.28. The van der Waals surface area contributed by atoms with E-state index in [1.807, 2.05) is 54.0 Å². The van der Waals surface area contributed by atoms with E-state index in [9.17, 15) is 9.59 Å². The number of benzene rings is 3. The van der Waals surface area contributed by atoms with E-state index in [1.165, 1.54) is 0 Å². The zero-order chi connectivity index (χ0) is 24.1. The molecule has 0 saturated carbocycles. The summed E-state index contributed by atoms with van der Waals surface area (Å²) in [7, 11) is 1.60. The fraction of sp³-hybridized carbons (Fsp3) is 0.185. The highest BCUT2D eigenvalue weighted by Gasteiger charge is 2.17. The molecular formula is C27H26ClN3O3. The molecule has 1 heterocycles. The zero-order valence-electron chi connectivity index (χ0n) is 19.1. The third-order valence-corrected chi connectivity index (χ3v) is 5.85. The van der Waals surface area contributed by atoms with Crippen molar-refractivity contribution in [3.8, 4) is 0 Å². The maximum Gasteiger partial charge on any atom is 0.268 e. The minimum absolute atomic E-state index is 0.178. The summed E-state index contributed by atoms with van der Waals surface area (Å²) in [6.45, 7) is 3.44. The lowest BCUT2D eigenvalue weighted by atomic mass is 10.1. The van der Waals surface area contributed by atoms with Crippen molar-refractivity contribution in [1.82, 2.24) is 9.88 Å². The van der Waals surface area contributed by atoms with E-state index in [1.54, 1.807) is 31.4 Å². The summed E-state index contributed by atoms with van der Waals surface area (Å²) in [5, 5.41) is 7.04. The van der Waals surface area contributed by atoms with Gasteiger partial charge in [0.2, 0.25) is 0 Å². The van der Waals surface area contributed by atoms with Crippen LogP contribution in [0.5, 0.6) is 0 Å². The van der Waals surface area contributed by atoms with E-state index in [2.05, 4.69) is 16.7 Å². The van der Waals surface area contributed by atoms with Gasteiger partial charge in [-0.05, 0) is 48.9 Å². The Hall–Kier alpha value is -3.61. The number of amides is 2. The summed E-state index contributed by atoms with van der Waals surface area (Å²) in [6, 6.07) is 22.6. The summed E-state index contributed by atoms with van der Waals surface area (Å²) in [5.41, 5.74) is 4.72. The van der Waals surface area contributed by atoms with Crippen LogP contribution < -0.4 is 10.6 Å².